The second kappa shape index (κ2) is 5.01. The van der Waals surface area contributed by atoms with Crippen molar-refractivity contribution in [3.8, 4) is 6.07 Å². The van der Waals surface area contributed by atoms with E-state index in [4.69, 9.17) is 5.26 Å². The highest BCUT2D eigenvalue weighted by Crippen LogP contribution is 2.18. The largest absolute Gasteiger partial charge is 0.325 e. The van der Waals surface area contributed by atoms with E-state index in [0.717, 1.165) is 16.8 Å². The first kappa shape index (κ1) is 11.1. The number of aryl methyl sites for hydroxylation is 2. The number of anilines is 1. The zero-order valence-corrected chi connectivity index (χ0v) is 8.79. The second-order valence-electron chi connectivity index (χ2n) is 3.23. The van der Waals surface area contributed by atoms with E-state index < -0.39 is 0 Å². The van der Waals surface area contributed by atoms with Gasteiger partial charge in [-0.3, -0.25) is 0 Å². The van der Waals surface area contributed by atoms with Crippen molar-refractivity contribution in [1.29, 1.82) is 5.26 Å². The van der Waals surface area contributed by atoms with Gasteiger partial charge in [0.15, 0.2) is 0 Å². The summed E-state index contributed by atoms with van der Waals surface area (Å²) in [5.74, 6) is 0. The summed E-state index contributed by atoms with van der Waals surface area (Å²) in [4.78, 5) is 11.3. The van der Waals surface area contributed by atoms with Crippen molar-refractivity contribution in [2.24, 2.45) is 0 Å². The SMILES string of the molecule is Cc1cccc(C)c1NC(=O)NCC#N. The summed E-state index contributed by atoms with van der Waals surface area (Å²) in [5, 5.41) is 13.4. The van der Waals surface area contributed by atoms with E-state index in [2.05, 4.69) is 10.6 Å². The molecule has 0 aliphatic carbocycles. The van der Waals surface area contributed by atoms with Gasteiger partial charge in [-0.25, -0.2) is 4.79 Å². The fourth-order valence-corrected chi connectivity index (χ4v) is 1.29. The third kappa shape index (κ3) is 2.99. The third-order valence-electron chi connectivity index (χ3n) is 2.05. The van der Waals surface area contributed by atoms with Crippen molar-refractivity contribution >= 4 is 11.7 Å². The van der Waals surface area contributed by atoms with Crippen LogP contribution in [0.1, 0.15) is 11.1 Å². The second-order valence-corrected chi connectivity index (χ2v) is 3.23. The maximum atomic E-state index is 11.3. The summed E-state index contributed by atoms with van der Waals surface area (Å²) in [6.45, 7) is 3.86. The predicted molar refractivity (Wildman–Crippen MR) is 58.6 cm³/mol. The van der Waals surface area contributed by atoms with Gasteiger partial charge in [0.05, 0.1) is 6.07 Å². The first-order valence-electron chi connectivity index (χ1n) is 4.63. The molecule has 0 atom stereocenters. The molecule has 4 nitrogen and oxygen atoms in total. The van der Waals surface area contributed by atoms with Gasteiger partial charge in [-0.15, -0.1) is 0 Å². The lowest BCUT2D eigenvalue weighted by molar-refractivity contribution is 0.253. The number of rotatable bonds is 2. The number of benzene rings is 1. The Morgan fingerprint density at radius 1 is 1.40 bits per heavy atom. The minimum atomic E-state index is -0.353. The van der Waals surface area contributed by atoms with Crippen LogP contribution in [0.3, 0.4) is 0 Å². The van der Waals surface area contributed by atoms with Crippen molar-refractivity contribution in [3.05, 3.63) is 29.3 Å². The lowest BCUT2D eigenvalue weighted by atomic mass is 10.1. The summed E-state index contributed by atoms with van der Waals surface area (Å²) >= 11 is 0. The molecule has 0 aliphatic rings. The van der Waals surface area contributed by atoms with Gasteiger partial charge in [0.1, 0.15) is 6.54 Å². The molecule has 0 aromatic heterocycles. The molecule has 0 unspecified atom stereocenters. The van der Waals surface area contributed by atoms with E-state index in [-0.39, 0.29) is 12.6 Å². The van der Waals surface area contributed by atoms with Crippen LogP contribution in [0.5, 0.6) is 0 Å². The molecule has 0 heterocycles. The monoisotopic (exact) mass is 203 g/mol. The molecule has 1 aromatic carbocycles. The van der Waals surface area contributed by atoms with Crippen molar-refractivity contribution in [1.82, 2.24) is 5.32 Å². The molecule has 4 heteroatoms. The number of nitrogens with one attached hydrogen (secondary N) is 2. The molecule has 0 spiro atoms. The van der Waals surface area contributed by atoms with Crippen molar-refractivity contribution < 1.29 is 4.79 Å². The lowest BCUT2D eigenvalue weighted by Gasteiger charge is -2.10. The number of hydrogen-bond acceptors (Lipinski definition) is 2. The topological polar surface area (TPSA) is 64.9 Å². The molecule has 0 aliphatic heterocycles. The van der Waals surface area contributed by atoms with Crippen molar-refractivity contribution in [2.45, 2.75) is 13.8 Å². The Bertz CT molecular complexity index is 387. The van der Waals surface area contributed by atoms with Gasteiger partial charge in [0.25, 0.3) is 0 Å². The summed E-state index contributed by atoms with van der Waals surface area (Å²) in [6.07, 6.45) is 0. The van der Waals surface area contributed by atoms with Crippen LogP contribution in [-0.2, 0) is 0 Å². The van der Waals surface area contributed by atoms with Gasteiger partial charge in [0.2, 0.25) is 0 Å². The fourth-order valence-electron chi connectivity index (χ4n) is 1.29. The number of nitriles is 1. The highest BCUT2D eigenvalue weighted by Gasteiger charge is 2.05. The first-order chi connectivity index (χ1) is 7.15. The number of nitrogens with zero attached hydrogens (tertiary/aromatic N) is 1. The molecule has 0 fully saturated rings. The van der Waals surface area contributed by atoms with E-state index in [0.29, 0.717) is 0 Å². The molecule has 2 amide bonds. The maximum absolute atomic E-state index is 11.3. The Kier molecular flexibility index (Phi) is 3.69. The number of para-hydroxylation sites is 1. The van der Waals surface area contributed by atoms with Crippen molar-refractivity contribution in [2.75, 3.05) is 11.9 Å². The van der Waals surface area contributed by atoms with Gasteiger partial charge < -0.3 is 10.6 Å². The van der Waals surface area contributed by atoms with Crippen LogP contribution in [0.15, 0.2) is 18.2 Å². The Labute approximate surface area is 88.9 Å². The number of urea groups is 1. The van der Waals surface area contributed by atoms with Crippen LogP contribution >= 0.6 is 0 Å². The van der Waals surface area contributed by atoms with Crippen LogP contribution in [0.2, 0.25) is 0 Å². The van der Waals surface area contributed by atoms with Crippen LogP contribution < -0.4 is 10.6 Å². The predicted octanol–water partition coefficient (Wildman–Crippen LogP) is 1.95. The summed E-state index contributed by atoms with van der Waals surface area (Å²) < 4.78 is 0. The molecule has 0 bridgehead atoms. The Morgan fingerprint density at radius 3 is 2.53 bits per heavy atom. The van der Waals surface area contributed by atoms with E-state index in [9.17, 15) is 4.79 Å². The molecule has 15 heavy (non-hydrogen) atoms. The quantitative estimate of drug-likeness (QED) is 0.721. The Morgan fingerprint density at radius 2 is 2.00 bits per heavy atom. The molecule has 0 saturated carbocycles. The molecular weight excluding hydrogens is 190 g/mol. The highest BCUT2D eigenvalue weighted by molar-refractivity contribution is 5.91. The van der Waals surface area contributed by atoms with E-state index in [1.165, 1.54) is 0 Å². The molecule has 1 aromatic rings. The maximum Gasteiger partial charge on any atom is 0.320 e. The van der Waals surface area contributed by atoms with Gasteiger partial charge in [0, 0.05) is 5.69 Å². The van der Waals surface area contributed by atoms with Gasteiger partial charge >= 0.3 is 6.03 Å². The Balaban J connectivity index is 2.73. The van der Waals surface area contributed by atoms with Crippen LogP contribution in [-0.4, -0.2) is 12.6 Å². The average molecular weight is 203 g/mol. The summed E-state index contributed by atoms with van der Waals surface area (Å²) in [5.41, 5.74) is 2.80. The molecule has 78 valence electrons. The standard InChI is InChI=1S/C11H13N3O/c1-8-4-3-5-9(2)10(8)14-11(15)13-7-6-12/h3-5H,7H2,1-2H3,(H2,13,14,15). The first-order valence-corrected chi connectivity index (χ1v) is 4.63. The van der Waals surface area contributed by atoms with E-state index >= 15 is 0 Å². The van der Waals surface area contributed by atoms with E-state index in [1.54, 1.807) is 0 Å². The molecule has 2 N–H and O–H groups in total. The minimum Gasteiger partial charge on any atom is -0.325 e. The number of carbonyl (C=O) groups is 1. The minimum absolute atomic E-state index is 0.0107. The zero-order valence-electron chi connectivity index (χ0n) is 8.79. The lowest BCUT2D eigenvalue weighted by Crippen LogP contribution is -2.29. The van der Waals surface area contributed by atoms with Gasteiger partial charge in [-0.2, -0.15) is 5.26 Å². The van der Waals surface area contributed by atoms with Crippen LogP contribution in [0.25, 0.3) is 0 Å². The van der Waals surface area contributed by atoms with Crippen LogP contribution in [0, 0.1) is 25.2 Å². The summed E-state index contributed by atoms with van der Waals surface area (Å²) in [6, 6.07) is 7.27. The van der Waals surface area contributed by atoms with Crippen LogP contribution in [0.4, 0.5) is 10.5 Å². The van der Waals surface area contributed by atoms with Gasteiger partial charge in [-0.1, -0.05) is 18.2 Å². The Hall–Kier alpha value is -2.02. The normalized spacial score (nSPS) is 9.13. The van der Waals surface area contributed by atoms with E-state index in [1.807, 2.05) is 38.1 Å². The highest BCUT2D eigenvalue weighted by atomic mass is 16.2. The molecule has 0 saturated heterocycles. The average Bonchev–Trinajstić information content (AvgIpc) is 2.21. The fraction of sp³-hybridized carbons (Fsp3) is 0.273. The number of carbonyl (C=O) groups excluding carboxylic acids is 1. The molecule has 0 radical (unpaired) electrons. The number of hydrogen-bond donors (Lipinski definition) is 2. The van der Waals surface area contributed by atoms with Gasteiger partial charge in [-0.05, 0) is 25.0 Å². The molecule has 1 rings (SSSR count). The zero-order chi connectivity index (χ0) is 11.3. The number of amides is 2. The third-order valence-corrected chi connectivity index (χ3v) is 2.05. The van der Waals surface area contributed by atoms with Crippen molar-refractivity contribution in [3.63, 3.8) is 0 Å². The smallest absolute Gasteiger partial charge is 0.320 e. The molecular formula is C11H13N3O. The summed E-state index contributed by atoms with van der Waals surface area (Å²) in [7, 11) is 0.